The van der Waals surface area contributed by atoms with Gasteiger partial charge in [0.25, 0.3) is 5.69 Å². The predicted molar refractivity (Wildman–Crippen MR) is 113 cm³/mol. The number of piperidine rings is 1. The second-order valence-electron chi connectivity index (χ2n) is 7.72. The van der Waals surface area contributed by atoms with Gasteiger partial charge < -0.3 is 15.0 Å². The zero-order valence-electron chi connectivity index (χ0n) is 17.5. The van der Waals surface area contributed by atoms with Gasteiger partial charge in [-0.1, -0.05) is 24.3 Å². The Morgan fingerprint density at radius 3 is 2.47 bits per heavy atom. The fourth-order valence-electron chi connectivity index (χ4n) is 3.71. The molecule has 1 heterocycles. The summed E-state index contributed by atoms with van der Waals surface area (Å²) >= 11 is 0. The smallest absolute Gasteiger partial charge is 0.419 e. The van der Waals surface area contributed by atoms with Gasteiger partial charge in [0.15, 0.2) is 0 Å². The van der Waals surface area contributed by atoms with Crippen molar-refractivity contribution in [2.45, 2.75) is 32.0 Å². The van der Waals surface area contributed by atoms with E-state index in [0.717, 1.165) is 6.07 Å². The molecule has 0 spiro atoms. The van der Waals surface area contributed by atoms with Crippen LogP contribution in [-0.2, 0) is 11.0 Å². The van der Waals surface area contributed by atoms with Crippen LogP contribution in [0.4, 0.5) is 24.5 Å². The topological polar surface area (TPSA) is 84.7 Å². The number of hydrogen-bond donors (Lipinski definition) is 1. The van der Waals surface area contributed by atoms with E-state index in [-0.39, 0.29) is 29.9 Å². The minimum atomic E-state index is -4.52. The van der Waals surface area contributed by atoms with Crippen molar-refractivity contribution in [3.05, 3.63) is 64.2 Å². The number of ether oxygens (including phenoxy) is 1. The molecule has 0 saturated carbocycles. The van der Waals surface area contributed by atoms with Gasteiger partial charge >= 0.3 is 6.18 Å². The van der Waals surface area contributed by atoms with Crippen LogP contribution in [0.25, 0.3) is 0 Å². The van der Waals surface area contributed by atoms with Crippen LogP contribution < -0.4 is 15.0 Å². The molecule has 0 aromatic heterocycles. The minimum absolute atomic E-state index is 0.0281. The van der Waals surface area contributed by atoms with E-state index in [2.05, 4.69) is 5.32 Å². The van der Waals surface area contributed by atoms with Crippen LogP contribution in [0.2, 0.25) is 0 Å². The number of carbonyl (C=O) groups is 1. The molecule has 3 rings (SSSR count). The highest BCUT2D eigenvalue weighted by molar-refractivity contribution is 5.79. The molecule has 1 atom stereocenters. The van der Waals surface area contributed by atoms with E-state index in [0.29, 0.717) is 31.6 Å². The summed E-state index contributed by atoms with van der Waals surface area (Å²) in [5.41, 5.74) is -0.303. The number of alkyl halides is 3. The number of nitro groups is 1. The summed E-state index contributed by atoms with van der Waals surface area (Å²) in [6.07, 6.45) is -3.49. The molecule has 1 unspecified atom stereocenters. The maximum atomic E-state index is 13.1. The van der Waals surface area contributed by atoms with Crippen molar-refractivity contribution < 1.29 is 27.6 Å². The van der Waals surface area contributed by atoms with Gasteiger partial charge in [-0.05, 0) is 38.0 Å². The number of hydrogen-bond acceptors (Lipinski definition) is 5. The first-order valence-corrected chi connectivity index (χ1v) is 10.2. The number of nitrogens with zero attached hydrogens (tertiary/aromatic N) is 2. The van der Waals surface area contributed by atoms with E-state index in [9.17, 15) is 28.1 Å². The van der Waals surface area contributed by atoms with Gasteiger partial charge in [-0.15, -0.1) is 0 Å². The van der Waals surface area contributed by atoms with Gasteiger partial charge in [-0.3, -0.25) is 14.9 Å². The van der Waals surface area contributed by atoms with Gasteiger partial charge in [0.05, 0.1) is 16.5 Å². The highest BCUT2D eigenvalue weighted by atomic mass is 19.4. The molecule has 1 amide bonds. The zero-order valence-corrected chi connectivity index (χ0v) is 17.5. The van der Waals surface area contributed by atoms with Crippen molar-refractivity contribution >= 4 is 17.3 Å². The van der Waals surface area contributed by atoms with Crippen LogP contribution in [0, 0.1) is 16.0 Å². The van der Waals surface area contributed by atoms with Crippen LogP contribution in [0.3, 0.4) is 0 Å². The lowest BCUT2D eigenvalue weighted by molar-refractivity contribution is -0.384. The molecular formula is C22H24F3N3O4. The summed E-state index contributed by atoms with van der Waals surface area (Å²) in [6, 6.07) is 10.9. The van der Waals surface area contributed by atoms with Gasteiger partial charge in [0.2, 0.25) is 5.91 Å². The third-order valence-electron chi connectivity index (χ3n) is 5.35. The number of halogens is 3. The van der Waals surface area contributed by atoms with E-state index in [4.69, 9.17) is 4.74 Å². The molecule has 172 valence electrons. The van der Waals surface area contributed by atoms with Crippen molar-refractivity contribution in [3.8, 4) is 5.75 Å². The standard InChI is InChI=1S/C22H24F3N3O4/c1-15(14-32-20-9-5-2-6-17(20)22(23,24)25)26-21(29)16-10-12-27(13-11-16)18-7-3-4-8-19(18)28(30)31/h2-9,15-16H,10-14H2,1H3,(H,26,29). The summed E-state index contributed by atoms with van der Waals surface area (Å²) in [5, 5.41) is 14.0. The van der Waals surface area contributed by atoms with Crippen LogP contribution in [-0.4, -0.2) is 36.6 Å². The lowest BCUT2D eigenvalue weighted by atomic mass is 9.95. The second kappa shape index (κ2) is 9.88. The molecule has 7 nitrogen and oxygen atoms in total. The maximum absolute atomic E-state index is 13.1. The molecule has 0 bridgehead atoms. The Morgan fingerprint density at radius 2 is 1.81 bits per heavy atom. The lowest BCUT2D eigenvalue weighted by Gasteiger charge is -2.33. The molecule has 1 N–H and O–H groups in total. The van der Waals surface area contributed by atoms with Gasteiger partial charge in [0.1, 0.15) is 18.0 Å². The molecular weight excluding hydrogens is 427 g/mol. The summed E-state index contributed by atoms with van der Waals surface area (Å²) in [5.74, 6) is -0.759. The monoisotopic (exact) mass is 451 g/mol. The fraction of sp³-hybridized carbons (Fsp3) is 0.409. The van der Waals surface area contributed by atoms with E-state index < -0.39 is 22.7 Å². The SMILES string of the molecule is CC(COc1ccccc1C(F)(F)F)NC(=O)C1CCN(c2ccccc2[N+](=O)[O-])CC1. The van der Waals surface area contributed by atoms with E-state index in [1.807, 2.05) is 4.90 Å². The minimum Gasteiger partial charge on any atom is -0.491 e. The van der Waals surface area contributed by atoms with Crippen molar-refractivity contribution in [1.82, 2.24) is 5.32 Å². The van der Waals surface area contributed by atoms with Crippen LogP contribution in [0.15, 0.2) is 48.5 Å². The van der Waals surface area contributed by atoms with E-state index in [1.54, 1.807) is 25.1 Å². The Labute approximate surface area is 183 Å². The van der Waals surface area contributed by atoms with E-state index in [1.165, 1.54) is 24.3 Å². The Bertz CT molecular complexity index is 959. The Hall–Kier alpha value is -3.30. The largest absolute Gasteiger partial charge is 0.491 e. The predicted octanol–water partition coefficient (Wildman–Crippen LogP) is 4.41. The number of nitro benzene ring substituents is 1. The molecule has 1 fully saturated rings. The number of nitrogens with one attached hydrogen (secondary N) is 1. The molecule has 1 saturated heterocycles. The van der Waals surface area contributed by atoms with Crippen molar-refractivity contribution in [2.75, 3.05) is 24.6 Å². The number of para-hydroxylation sites is 3. The zero-order chi connectivity index (χ0) is 23.3. The maximum Gasteiger partial charge on any atom is 0.419 e. The van der Waals surface area contributed by atoms with Crippen LogP contribution in [0.5, 0.6) is 5.75 Å². The molecule has 0 aliphatic carbocycles. The Kier molecular flexibility index (Phi) is 7.22. The highest BCUT2D eigenvalue weighted by Crippen LogP contribution is 2.36. The molecule has 32 heavy (non-hydrogen) atoms. The summed E-state index contributed by atoms with van der Waals surface area (Å²) < 4.78 is 44.5. The van der Waals surface area contributed by atoms with E-state index >= 15 is 0 Å². The van der Waals surface area contributed by atoms with Gasteiger partial charge in [-0.2, -0.15) is 13.2 Å². The Balaban J connectivity index is 1.51. The van der Waals surface area contributed by atoms with Crippen LogP contribution >= 0.6 is 0 Å². The fourth-order valence-corrected chi connectivity index (χ4v) is 3.71. The average molecular weight is 451 g/mol. The van der Waals surface area contributed by atoms with Crippen molar-refractivity contribution in [1.29, 1.82) is 0 Å². The molecule has 1 aliphatic rings. The first kappa shape index (κ1) is 23.4. The summed E-state index contributed by atoms with van der Waals surface area (Å²) in [4.78, 5) is 25.3. The molecule has 2 aromatic carbocycles. The number of rotatable bonds is 7. The molecule has 10 heteroatoms. The van der Waals surface area contributed by atoms with Crippen molar-refractivity contribution in [3.63, 3.8) is 0 Å². The molecule has 1 aliphatic heterocycles. The number of anilines is 1. The third kappa shape index (κ3) is 5.68. The first-order valence-electron chi connectivity index (χ1n) is 10.2. The average Bonchev–Trinajstić information content (AvgIpc) is 2.77. The second-order valence-corrected chi connectivity index (χ2v) is 7.72. The quantitative estimate of drug-likeness (QED) is 0.498. The highest BCUT2D eigenvalue weighted by Gasteiger charge is 2.34. The number of benzene rings is 2. The third-order valence-corrected chi connectivity index (χ3v) is 5.35. The first-order chi connectivity index (χ1) is 15.2. The van der Waals surface area contributed by atoms with Gasteiger partial charge in [-0.25, -0.2) is 0 Å². The Morgan fingerprint density at radius 1 is 1.19 bits per heavy atom. The van der Waals surface area contributed by atoms with Gasteiger partial charge in [0, 0.05) is 25.1 Å². The number of amides is 1. The summed E-state index contributed by atoms with van der Waals surface area (Å²) in [7, 11) is 0. The number of carbonyl (C=O) groups excluding carboxylic acids is 1. The van der Waals surface area contributed by atoms with Crippen LogP contribution in [0.1, 0.15) is 25.3 Å². The van der Waals surface area contributed by atoms with Crippen molar-refractivity contribution in [2.24, 2.45) is 5.92 Å². The summed E-state index contributed by atoms with van der Waals surface area (Å²) in [6.45, 7) is 2.55. The molecule has 2 aromatic rings. The normalized spacial score (nSPS) is 15.8. The molecule has 0 radical (unpaired) electrons. The lowest BCUT2D eigenvalue weighted by Crippen LogP contribution is -2.44.